The molecular formula is C12H12ClFO2. The Morgan fingerprint density at radius 2 is 2.06 bits per heavy atom. The molecule has 1 N–H and O–H groups in total. The zero-order chi connectivity index (χ0) is 12.3. The van der Waals surface area contributed by atoms with E-state index in [2.05, 4.69) is 0 Å². The number of Topliss-reactive ketones (excluding diaryl/α,β-unsaturated/α-hetero) is 1. The van der Waals surface area contributed by atoms with Crippen LogP contribution in [0.1, 0.15) is 19.4 Å². The quantitative estimate of drug-likeness (QED) is 0.651. The maximum atomic E-state index is 13.4. The Labute approximate surface area is 98.4 Å². The van der Waals surface area contributed by atoms with E-state index in [-0.39, 0.29) is 34.1 Å². The number of aliphatic hydroxyl groups is 1. The smallest absolute Gasteiger partial charge is 0.159 e. The molecule has 16 heavy (non-hydrogen) atoms. The molecule has 4 heteroatoms. The highest BCUT2D eigenvalue weighted by atomic mass is 35.5. The molecular weight excluding hydrogens is 231 g/mol. The van der Waals surface area contributed by atoms with Gasteiger partial charge in [-0.2, -0.15) is 0 Å². The van der Waals surface area contributed by atoms with Crippen molar-refractivity contribution >= 4 is 17.4 Å². The average Bonchev–Trinajstić information content (AvgIpc) is 2.15. The van der Waals surface area contributed by atoms with Crippen molar-refractivity contribution in [1.82, 2.24) is 0 Å². The van der Waals surface area contributed by atoms with Gasteiger partial charge in [-0.05, 0) is 26.0 Å². The highest BCUT2D eigenvalue weighted by Gasteiger charge is 2.14. The lowest BCUT2D eigenvalue weighted by atomic mass is 10.0. The van der Waals surface area contributed by atoms with Crippen LogP contribution in [0.2, 0.25) is 5.02 Å². The Kier molecular flexibility index (Phi) is 4.07. The number of carbonyl (C=O) groups excluding carboxylic acids is 1. The SMILES string of the molecule is CC(=O)/C(Cc1c(F)cccc1Cl)=C(\C)O. The van der Waals surface area contributed by atoms with Crippen LogP contribution in [0.5, 0.6) is 0 Å². The molecule has 1 rings (SSSR count). The molecule has 0 aliphatic rings. The summed E-state index contributed by atoms with van der Waals surface area (Å²) in [5, 5.41) is 9.57. The van der Waals surface area contributed by atoms with Gasteiger partial charge in [-0.25, -0.2) is 4.39 Å². The van der Waals surface area contributed by atoms with Gasteiger partial charge in [0.1, 0.15) is 5.82 Å². The van der Waals surface area contributed by atoms with Crippen molar-refractivity contribution in [1.29, 1.82) is 0 Å². The van der Waals surface area contributed by atoms with Crippen LogP contribution in [0, 0.1) is 5.82 Å². The lowest BCUT2D eigenvalue weighted by Crippen LogP contribution is -2.05. The molecule has 0 radical (unpaired) electrons. The first-order chi connectivity index (χ1) is 7.43. The molecule has 0 aliphatic heterocycles. The van der Waals surface area contributed by atoms with E-state index in [1.54, 1.807) is 6.07 Å². The van der Waals surface area contributed by atoms with Gasteiger partial charge in [0.25, 0.3) is 0 Å². The second kappa shape index (κ2) is 5.12. The maximum Gasteiger partial charge on any atom is 0.159 e. The third-order valence-corrected chi connectivity index (χ3v) is 2.63. The Bertz CT molecular complexity index is 428. The second-order valence-electron chi connectivity index (χ2n) is 3.50. The zero-order valence-corrected chi connectivity index (χ0v) is 9.81. The Morgan fingerprint density at radius 3 is 2.50 bits per heavy atom. The highest BCUT2D eigenvalue weighted by molar-refractivity contribution is 6.31. The first-order valence-electron chi connectivity index (χ1n) is 4.76. The van der Waals surface area contributed by atoms with Gasteiger partial charge in [-0.1, -0.05) is 17.7 Å². The summed E-state index contributed by atoms with van der Waals surface area (Å²) in [6.45, 7) is 2.72. The van der Waals surface area contributed by atoms with E-state index >= 15 is 0 Å². The second-order valence-corrected chi connectivity index (χ2v) is 3.90. The van der Waals surface area contributed by atoms with E-state index in [1.165, 1.54) is 26.0 Å². The molecule has 0 atom stereocenters. The van der Waals surface area contributed by atoms with Crippen molar-refractivity contribution < 1.29 is 14.3 Å². The molecule has 1 aromatic rings. The molecule has 0 unspecified atom stereocenters. The molecule has 0 saturated carbocycles. The van der Waals surface area contributed by atoms with Crippen molar-refractivity contribution in [3.63, 3.8) is 0 Å². The van der Waals surface area contributed by atoms with Gasteiger partial charge in [0.05, 0.1) is 5.76 Å². The summed E-state index contributed by atoms with van der Waals surface area (Å²) in [6, 6.07) is 4.31. The summed E-state index contributed by atoms with van der Waals surface area (Å²) in [6.07, 6.45) is 0.00315. The van der Waals surface area contributed by atoms with Crippen LogP contribution in [0.25, 0.3) is 0 Å². The Morgan fingerprint density at radius 1 is 1.44 bits per heavy atom. The van der Waals surface area contributed by atoms with Gasteiger partial charge in [0.2, 0.25) is 0 Å². The lowest BCUT2D eigenvalue weighted by molar-refractivity contribution is -0.113. The van der Waals surface area contributed by atoms with Crippen LogP contribution >= 0.6 is 11.6 Å². The van der Waals surface area contributed by atoms with Crippen LogP contribution in [-0.2, 0) is 11.2 Å². The number of halogens is 2. The van der Waals surface area contributed by atoms with E-state index in [0.717, 1.165) is 0 Å². The van der Waals surface area contributed by atoms with Gasteiger partial charge < -0.3 is 5.11 Å². The zero-order valence-electron chi connectivity index (χ0n) is 9.05. The summed E-state index contributed by atoms with van der Waals surface area (Å²) in [5.41, 5.74) is 0.398. The van der Waals surface area contributed by atoms with E-state index in [0.29, 0.717) is 0 Å². The number of benzene rings is 1. The number of carbonyl (C=O) groups is 1. The topological polar surface area (TPSA) is 37.3 Å². The fraction of sp³-hybridized carbons (Fsp3) is 0.250. The third-order valence-electron chi connectivity index (χ3n) is 2.28. The molecule has 0 aromatic heterocycles. The Balaban J connectivity index is 3.14. The number of hydrogen-bond donors (Lipinski definition) is 1. The van der Waals surface area contributed by atoms with E-state index in [1.807, 2.05) is 0 Å². The highest BCUT2D eigenvalue weighted by Crippen LogP contribution is 2.23. The van der Waals surface area contributed by atoms with Gasteiger partial charge in [0, 0.05) is 22.6 Å². The fourth-order valence-electron chi connectivity index (χ4n) is 1.39. The Hall–Kier alpha value is -1.35. The number of rotatable bonds is 3. The minimum Gasteiger partial charge on any atom is -0.512 e. The number of aliphatic hydroxyl groups excluding tert-OH is 1. The predicted molar refractivity (Wildman–Crippen MR) is 61.1 cm³/mol. The maximum absolute atomic E-state index is 13.4. The van der Waals surface area contributed by atoms with Crippen molar-refractivity contribution in [3.8, 4) is 0 Å². The predicted octanol–water partition coefficient (Wildman–Crippen LogP) is 3.44. The molecule has 0 aliphatic carbocycles. The number of ketones is 1. The van der Waals surface area contributed by atoms with E-state index < -0.39 is 5.82 Å². The molecule has 0 saturated heterocycles. The molecule has 0 bridgehead atoms. The normalized spacial score (nSPS) is 12.2. The summed E-state index contributed by atoms with van der Waals surface area (Å²) in [4.78, 5) is 11.2. The molecule has 0 fully saturated rings. The van der Waals surface area contributed by atoms with Crippen LogP contribution in [0.3, 0.4) is 0 Å². The minimum absolute atomic E-state index is 0.00315. The van der Waals surface area contributed by atoms with Gasteiger partial charge in [-0.3, -0.25) is 4.79 Å². The third kappa shape index (κ3) is 2.83. The van der Waals surface area contributed by atoms with E-state index in [4.69, 9.17) is 11.6 Å². The molecule has 86 valence electrons. The molecule has 1 aromatic carbocycles. The van der Waals surface area contributed by atoms with Crippen LogP contribution in [0.15, 0.2) is 29.5 Å². The molecule has 0 spiro atoms. The number of hydrogen-bond acceptors (Lipinski definition) is 2. The summed E-state index contributed by atoms with van der Waals surface area (Å²) >= 11 is 5.83. The van der Waals surface area contributed by atoms with Crippen molar-refractivity contribution in [2.45, 2.75) is 20.3 Å². The fourth-order valence-corrected chi connectivity index (χ4v) is 1.61. The van der Waals surface area contributed by atoms with Crippen LogP contribution in [0.4, 0.5) is 4.39 Å². The minimum atomic E-state index is -0.479. The monoisotopic (exact) mass is 242 g/mol. The first-order valence-corrected chi connectivity index (χ1v) is 5.13. The summed E-state index contributed by atoms with van der Waals surface area (Å²) < 4.78 is 13.4. The van der Waals surface area contributed by atoms with Crippen LogP contribution < -0.4 is 0 Å². The standard InChI is InChI=1S/C12H12ClFO2/c1-7(15)9(8(2)16)6-10-11(13)4-3-5-12(10)14/h3-5,15H,6H2,1-2H3/b9-7+. The summed E-state index contributed by atoms with van der Waals surface area (Å²) in [5.74, 6) is -0.876. The number of allylic oxidation sites excluding steroid dienone is 2. The van der Waals surface area contributed by atoms with Gasteiger partial charge in [-0.15, -0.1) is 0 Å². The van der Waals surface area contributed by atoms with Crippen molar-refractivity contribution in [2.75, 3.05) is 0 Å². The van der Waals surface area contributed by atoms with Gasteiger partial charge in [0.15, 0.2) is 5.78 Å². The molecule has 2 nitrogen and oxygen atoms in total. The largest absolute Gasteiger partial charge is 0.512 e. The van der Waals surface area contributed by atoms with Crippen molar-refractivity contribution in [3.05, 3.63) is 45.9 Å². The average molecular weight is 243 g/mol. The van der Waals surface area contributed by atoms with Crippen molar-refractivity contribution in [2.24, 2.45) is 0 Å². The van der Waals surface area contributed by atoms with Crippen LogP contribution in [-0.4, -0.2) is 10.9 Å². The van der Waals surface area contributed by atoms with Gasteiger partial charge >= 0.3 is 0 Å². The lowest BCUT2D eigenvalue weighted by Gasteiger charge is -2.08. The molecule has 0 heterocycles. The first kappa shape index (κ1) is 12.7. The summed E-state index contributed by atoms with van der Waals surface area (Å²) in [7, 11) is 0. The molecule has 0 amide bonds. The van der Waals surface area contributed by atoms with E-state index in [9.17, 15) is 14.3 Å².